The standard InChI is InChI=1S/C13H17ClF3N3O/c1-2-3-6-18-9(21)7-20-11(8-4-5-8)10(14)12(19-20)13(15,16)17/h8H,2-7H2,1H3,(H,18,21). The third-order valence-corrected chi connectivity index (χ3v) is 3.68. The van der Waals surface area contributed by atoms with Gasteiger partial charge < -0.3 is 5.32 Å². The molecule has 21 heavy (non-hydrogen) atoms. The number of rotatable bonds is 6. The minimum Gasteiger partial charge on any atom is -0.354 e. The summed E-state index contributed by atoms with van der Waals surface area (Å²) in [6.45, 7) is 2.26. The minimum absolute atomic E-state index is 0.0236. The van der Waals surface area contributed by atoms with Gasteiger partial charge in [-0.1, -0.05) is 24.9 Å². The molecule has 1 aliphatic rings. The first-order chi connectivity index (χ1) is 9.84. The van der Waals surface area contributed by atoms with Crippen LogP contribution in [0.1, 0.15) is 49.9 Å². The lowest BCUT2D eigenvalue weighted by atomic mass is 10.2. The number of unbranched alkanes of at least 4 members (excludes halogenated alkanes) is 1. The topological polar surface area (TPSA) is 46.9 Å². The zero-order chi connectivity index (χ0) is 15.6. The summed E-state index contributed by atoms with van der Waals surface area (Å²) >= 11 is 5.82. The second-order valence-corrected chi connectivity index (χ2v) is 5.56. The van der Waals surface area contributed by atoms with Crippen LogP contribution in [0.25, 0.3) is 0 Å². The largest absolute Gasteiger partial charge is 0.436 e. The molecule has 2 rings (SSSR count). The van der Waals surface area contributed by atoms with Crippen molar-refractivity contribution in [2.24, 2.45) is 0 Å². The molecule has 0 radical (unpaired) electrons. The fourth-order valence-electron chi connectivity index (χ4n) is 2.10. The molecule has 1 aliphatic carbocycles. The Labute approximate surface area is 125 Å². The molecular weight excluding hydrogens is 307 g/mol. The summed E-state index contributed by atoms with van der Waals surface area (Å²) in [6.07, 6.45) is -1.29. The van der Waals surface area contributed by atoms with Gasteiger partial charge in [-0.2, -0.15) is 18.3 Å². The molecule has 8 heteroatoms. The van der Waals surface area contributed by atoms with E-state index < -0.39 is 11.9 Å². The SMILES string of the molecule is CCCCNC(=O)Cn1nc(C(F)(F)F)c(Cl)c1C1CC1. The number of alkyl halides is 3. The van der Waals surface area contributed by atoms with Crippen LogP contribution < -0.4 is 5.32 Å². The van der Waals surface area contributed by atoms with E-state index in [1.807, 2.05) is 6.92 Å². The van der Waals surface area contributed by atoms with Crippen LogP contribution in [0.4, 0.5) is 13.2 Å². The lowest BCUT2D eigenvalue weighted by molar-refractivity contribution is -0.141. The van der Waals surface area contributed by atoms with Gasteiger partial charge >= 0.3 is 6.18 Å². The Morgan fingerprint density at radius 1 is 1.48 bits per heavy atom. The highest BCUT2D eigenvalue weighted by Gasteiger charge is 2.42. The highest BCUT2D eigenvalue weighted by Crippen LogP contribution is 2.46. The van der Waals surface area contributed by atoms with E-state index in [1.165, 1.54) is 0 Å². The molecule has 0 saturated heterocycles. The number of carbonyl (C=O) groups excluding carboxylic acids is 1. The number of nitrogens with zero attached hydrogens (tertiary/aromatic N) is 2. The normalized spacial score (nSPS) is 15.3. The molecule has 0 spiro atoms. The van der Waals surface area contributed by atoms with Gasteiger partial charge in [-0.25, -0.2) is 0 Å². The summed E-state index contributed by atoms with van der Waals surface area (Å²) in [4.78, 5) is 11.8. The van der Waals surface area contributed by atoms with E-state index in [1.54, 1.807) is 0 Å². The maximum atomic E-state index is 12.9. The summed E-state index contributed by atoms with van der Waals surface area (Å²) in [5.74, 6) is -0.372. The molecule has 4 nitrogen and oxygen atoms in total. The van der Waals surface area contributed by atoms with Crippen molar-refractivity contribution >= 4 is 17.5 Å². The summed E-state index contributed by atoms with van der Waals surface area (Å²) in [7, 11) is 0. The summed E-state index contributed by atoms with van der Waals surface area (Å²) in [5, 5.41) is 5.80. The Bertz CT molecular complexity index is 523. The molecule has 0 unspecified atom stereocenters. The van der Waals surface area contributed by atoms with Gasteiger partial charge in [-0.15, -0.1) is 0 Å². The molecule has 1 N–H and O–H groups in total. The van der Waals surface area contributed by atoms with Crippen LogP contribution in [0.5, 0.6) is 0 Å². The summed E-state index contributed by atoms with van der Waals surface area (Å²) < 4.78 is 39.7. The molecule has 0 aliphatic heterocycles. The van der Waals surface area contributed by atoms with E-state index in [0.717, 1.165) is 30.4 Å². The van der Waals surface area contributed by atoms with Crippen molar-refractivity contribution in [1.29, 1.82) is 0 Å². The first kappa shape index (κ1) is 16.1. The Hall–Kier alpha value is -1.24. The van der Waals surface area contributed by atoms with Crippen molar-refractivity contribution in [3.05, 3.63) is 16.4 Å². The zero-order valence-electron chi connectivity index (χ0n) is 11.6. The summed E-state index contributed by atoms with van der Waals surface area (Å²) in [5.41, 5.74) is -0.776. The second kappa shape index (κ2) is 6.25. The molecule has 118 valence electrons. The number of nitrogens with one attached hydrogen (secondary N) is 1. The van der Waals surface area contributed by atoms with Crippen LogP contribution in [-0.2, 0) is 17.5 Å². The Morgan fingerprint density at radius 3 is 2.67 bits per heavy atom. The third-order valence-electron chi connectivity index (χ3n) is 3.31. The fourth-order valence-corrected chi connectivity index (χ4v) is 2.49. The quantitative estimate of drug-likeness (QED) is 0.816. The van der Waals surface area contributed by atoms with Crippen LogP contribution in [0.15, 0.2) is 0 Å². The molecule has 1 aromatic heterocycles. The first-order valence-electron chi connectivity index (χ1n) is 6.94. The average molecular weight is 324 g/mol. The third kappa shape index (κ3) is 3.90. The van der Waals surface area contributed by atoms with Gasteiger partial charge in [0.2, 0.25) is 5.91 Å². The van der Waals surface area contributed by atoms with E-state index in [-0.39, 0.29) is 23.4 Å². The fraction of sp³-hybridized carbons (Fsp3) is 0.692. The van der Waals surface area contributed by atoms with Gasteiger partial charge in [0.25, 0.3) is 0 Å². The molecule has 1 amide bonds. The molecule has 1 fully saturated rings. The van der Waals surface area contributed by atoms with E-state index in [0.29, 0.717) is 12.2 Å². The van der Waals surface area contributed by atoms with Crippen LogP contribution >= 0.6 is 11.6 Å². The first-order valence-corrected chi connectivity index (χ1v) is 7.32. The molecule has 1 saturated carbocycles. The lowest BCUT2D eigenvalue weighted by Crippen LogP contribution is -2.29. The zero-order valence-corrected chi connectivity index (χ0v) is 12.4. The van der Waals surface area contributed by atoms with Gasteiger partial charge in [0.15, 0.2) is 5.69 Å². The van der Waals surface area contributed by atoms with Crippen molar-refractivity contribution in [1.82, 2.24) is 15.1 Å². The van der Waals surface area contributed by atoms with Crippen LogP contribution in [0.2, 0.25) is 5.02 Å². The number of halogens is 4. The van der Waals surface area contributed by atoms with Gasteiger partial charge in [-0.3, -0.25) is 9.48 Å². The molecule has 0 aromatic carbocycles. The highest BCUT2D eigenvalue weighted by atomic mass is 35.5. The number of amides is 1. The molecule has 1 heterocycles. The Kier molecular flexibility index (Phi) is 4.81. The second-order valence-electron chi connectivity index (χ2n) is 5.18. The van der Waals surface area contributed by atoms with E-state index in [2.05, 4.69) is 10.4 Å². The molecular formula is C13H17ClF3N3O. The number of aromatic nitrogens is 2. The van der Waals surface area contributed by atoms with E-state index in [4.69, 9.17) is 11.6 Å². The van der Waals surface area contributed by atoms with Crippen molar-refractivity contribution < 1.29 is 18.0 Å². The molecule has 0 bridgehead atoms. The van der Waals surface area contributed by atoms with Gasteiger partial charge in [0, 0.05) is 12.5 Å². The summed E-state index contributed by atoms with van der Waals surface area (Å²) in [6, 6.07) is 0. The lowest BCUT2D eigenvalue weighted by Gasteiger charge is -2.07. The van der Waals surface area contributed by atoms with Gasteiger partial charge in [0.05, 0.1) is 10.7 Å². The van der Waals surface area contributed by atoms with Crippen molar-refractivity contribution in [2.45, 2.75) is 51.2 Å². The molecule has 0 atom stereocenters. The maximum absolute atomic E-state index is 12.9. The Balaban J connectivity index is 2.16. The van der Waals surface area contributed by atoms with Gasteiger partial charge in [0.1, 0.15) is 6.54 Å². The van der Waals surface area contributed by atoms with Crippen LogP contribution in [0, 0.1) is 0 Å². The van der Waals surface area contributed by atoms with Gasteiger partial charge in [-0.05, 0) is 19.3 Å². The average Bonchev–Trinajstić information content (AvgIpc) is 3.14. The number of hydrogen-bond acceptors (Lipinski definition) is 2. The van der Waals surface area contributed by atoms with E-state index in [9.17, 15) is 18.0 Å². The van der Waals surface area contributed by atoms with E-state index >= 15 is 0 Å². The minimum atomic E-state index is -4.61. The van der Waals surface area contributed by atoms with Crippen molar-refractivity contribution in [3.63, 3.8) is 0 Å². The maximum Gasteiger partial charge on any atom is 0.436 e. The molecule has 1 aromatic rings. The number of hydrogen-bond donors (Lipinski definition) is 1. The van der Waals surface area contributed by atoms with Crippen molar-refractivity contribution in [2.75, 3.05) is 6.54 Å². The monoisotopic (exact) mass is 323 g/mol. The van der Waals surface area contributed by atoms with Crippen molar-refractivity contribution in [3.8, 4) is 0 Å². The van der Waals surface area contributed by atoms with Crippen LogP contribution in [0.3, 0.4) is 0 Å². The van der Waals surface area contributed by atoms with Crippen LogP contribution in [-0.4, -0.2) is 22.2 Å². The smallest absolute Gasteiger partial charge is 0.354 e. The predicted molar refractivity (Wildman–Crippen MR) is 72.1 cm³/mol. The number of carbonyl (C=O) groups is 1. The predicted octanol–water partition coefficient (Wildman–Crippen LogP) is 3.35. The highest BCUT2D eigenvalue weighted by molar-refractivity contribution is 6.32. The Morgan fingerprint density at radius 2 is 2.14 bits per heavy atom.